The highest BCUT2D eigenvalue weighted by Gasteiger charge is 2.35. The van der Waals surface area contributed by atoms with Crippen LogP contribution in [-0.4, -0.2) is 47.7 Å². The number of morpholine rings is 1. The van der Waals surface area contributed by atoms with Gasteiger partial charge in [-0.3, -0.25) is 4.79 Å². The number of amides is 1. The summed E-state index contributed by atoms with van der Waals surface area (Å²) in [6, 6.07) is 2.91. The fourth-order valence-corrected chi connectivity index (χ4v) is 2.76. The van der Waals surface area contributed by atoms with E-state index in [4.69, 9.17) is 9.84 Å². The van der Waals surface area contributed by atoms with Gasteiger partial charge in [-0.1, -0.05) is 6.07 Å². The fourth-order valence-electron chi connectivity index (χ4n) is 1.98. The van der Waals surface area contributed by atoms with E-state index in [2.05, 4.69) is 0 Å². The molecule has 1 N–H and O–H groups in total. The van der Waals surface area contributed by atoms with E-state index in [-0.39, 0.29) is 18.4 Å². The highest BCUT2D eigenvalue weighted by atomic mass is 32.1. The van der Waals surface area contributed by atoms with Gasteiger partial charge in [-0.15, -0.1) is 11.3 Å². The predicted octanol–water partition coefficient (Wildman–Crippen LogP) is 1.16. The van der Waals surface area contributed by atoms with Crippen LogP contribution in [0.3, 0.4) is 0 Å². The first-order chi connectivity index (χ1) is 8.61. The van der Waals surface area contributed by atoms with Gasteiger partial charge in [0, 0.05) is 11.4 Å². The Kier molecular flexibility index (Phi) is 3.98. The quantitative estimate of drug-likeness (QED) is 0.894. The Morgan fingerprint density at radius 3 is 3.00 bits per heavy atom. The van der Waals surface area contributed by atoms with E-state index in [1.54, 1.807) is 0 Å². The van der Waals surface area contributed by atoms with Gasteiger partial charge in [0.2, 0.25) is 5.91 Å². The Morgan fingerprint density at radius 2 is 2.39 bits per heavy atom. The fraction of sp³-hybridized carbons (Fsp3) is 0.500. The summed E-state index contributed by atoms with van der Waals surface area (Å²) < 4.78 is 5.12. The monoisotopic (exact) mass is 269 g/mol. The van der Waals surface area contributed by atoms with Crippen LogP contribution in [0.2, 0.25) is 0 Å². The molecule has 0 spiro atoms. The normalized spacial score (nSPS) is 21.6. The van der Waals surface area contributed by atoms with Crippen molar-refractivity contribution in [2.75, 3.05) is 19.8 Å². The van der Waals surface area contributed by atoms with Crippen LogP contribution in [0.5, 0.6) is 0 Å². The summed E-state index contributed by atoms with van der Waals surface area (Å²) in [5, 5.41) is 11.0. The Hall–Kier alpha value is -1.40. The molecule has 1 aliphatic heterocycles. The number of carbonyl (C=O) groups excluding carboxylic acids is 1. The van der Waals surface area contributed by atoms with Crippen molar-refractivity contribution < 1.29 is 19.4 Å². The molecule has 0 radical (unpaired) electrons. The van der Waals surface area contributed by atoms with E-state index in [0.29, 0.717) is 13.2 Å². The van der Waals surface area contributed by atoms with Crippen LogP contribution < -0.4 is 0 Å². The molecule has 6 heteroatoms. The van der Waals surface area contributed by atoms with E-state index in [1.807, 2.05) is 24.4 Å². The molecular formula is C12H15NO4S. The van der Waals surface area contributed by atoms with Crippen molar-refractivity contribution in [1.82, 2.24) is 4.90 Å². The minimum Gasteiger partial charge on any atom is -0.480 e. The van der Waals surface area contributed by atoms with Crippen molar-refractivity contribution in [1.29, 1.82) is 0 Å². The zero-order valence-corrected chi connectivity index (χ0v) is 10.9. The van der Waals surface area contributed by atoms with Gasteiger partial charge < -0.3 is 14.7 Å². The zero-order chi connectivity index (χ0) is 13.1. The van der Waals surface area contributed by atoms with Crippen molar-refractivity contribution in [3.63, 3.8) is 0 Å². The molecule has 0 bridgehead atoms. The molecule has 0 aliphatic carbocycles. The summed E-state index contributed by atoms with van der Waals surface area (Å²) in [6.45, 7) is 2.61. The average molecular weight is 269 g/mol. The van der Waals surface area contributed by atoms with Crippen molar-refractivity contribution in [2.45, 2.75) is 18.9 Å². The van der Waals surface area contributed by atoms with Gasteiger partial charge in [-0.25, -0.2) is 4.79 Å². The maximum absolute atomic E-state index is 12.3. The summed E-state index contributed by atoms with van der Waals surface area (Å²) in [6.07, 6.45) is 0. The summed E-state index contributed by atoms with van der Waals surface area (Å²) in [5.74, 6) is -1.46. The van der Waals surface area contributed by atoms with Gasteiger partial charge in [-0.05, 0) is 18.4 Å². The Morgan fingerprint density at radius 1 is 1.61 bits per heavy atom. The standard InChI is InChI=1S/C12H15NO4S/c1-8(10-3-2-6-18-10)11(14)13-4-5-17-7-9(13)12(15)16/h2-3,6,8-9H,4-5,7H2,1H3,(H,15,16)/t8-,9+/m1/s1. The summed E-state index contributed by atoms with van der Waals surface area (Å²) in [7, 11) is 0. The lowest BCUT2D eigenvalue weighted by atomic mass is 10.1. The van der Waals surface area contributed by atoms with E-state index in [0.717, 1.165) is 4.88 Å². The number of carbonyl (C=O) groups is 2. The van der Waals surface area contributed by atoms with Gasteiger partial charge in [-0.2, -0.15) is 0 Å². The van der Waals surface area contributed by atoms with Gasteiger partial charge in [0.05, 0.1) is 19.1 Å². The second-order valence-electron chi connectivity index (χ2n) is 4.20. The second kappa shape index (κ2) is 5.49. The highest BCUT2D eigenvalue weighted by molar-refractivity contribution is 7.10. The topological polar surface area (TPSA) is 66.8 Å². The van der Waals surface area contributed by atoms with Gasteiger partial charge in [0.25, 0.3) is 0 Å². The summed E-state index contributed by atoms with van der Waals surface area (Å²) >= 11 is 1.51. The SMILES string of the molecule is C[C@@H](C(=O)N1CCOC[C@H]1C(=O)O)c1cccs1. The smallest absolute Gasteiger partial charge is 0.328 e. The van der Waals surface area contributed by atoms with Crippen LogP contribution in [0.25, 0.3) is 0 Å². The van der Waals surface area contributed by atoms with Gasteiger partial charge >= 0.3 is 5.97 Å². The van der Waals surface area contributed by atoms with Crippen molar-refractivity contribution in [3.05, 3.63) is 22.4 Å². The van der Waals surface area contributed by atoms with Crippen LogP contribution in [0.1, 0.15) is 17.7 Å². The van der Waals surface area contributed by atoms with Gasteiger partial charge in [0.15, 0.2) is 6.04 Å². The summed E-state index contributed by atoms with van der Waals surface area (Å²) in [5.41, 5.74) is 0. The molecule has 0 unspecified atom stereocenters. The Balaban J connectivity index is 2.13. The number of thiophene rings is 1. The molecule has 0 aromatic carbocycles. The largest absolute Gasteiger partial charge is 0.480 e. The predicted molar refractivity (Wildman–Crippen MR) is 66.7 cm³/mol. The molecule has 1 amide bonds. The first-order valence-corrected chi connectivity index (χ1v) is 6.63. The first-order valence-electron chi connectivity index (χ1n) is 5.75. The number of hydrogen-bond donors (Lipinski definition) is 1. The molecule has 2 heterocycles. The zero-order valence-electron chi connectivity index (χ0n) is 10.0. The number of ether oxygens (including phenoxy) is 1. The van der Waals surface area contributed by atoms with E-state index in [9.17, 15) is 9.59 Å². The first kappa shape index (κ1) is 13.0. The van der Waals surface area contributed by atoms with Crippen molar-refractivity contribution >= 4 is 23.2 Å². The molecule has 1 aliphatic rings. The molecule has 98 valence electrons. The molecule has 0 saturated carbocycles. The number of carboxylic acid groups (broad SMARTS) is 1. The average Bonchev–Trinajstić information content (AvgIpc) is 2.90. The number of rotatable bonds is 3. The van der Waals surface area contributed by atoms with Crippen LogP contribution in [-0.2, 0) is 14.3 Å². The number of aliphatic carboxylic acids is 1. The highest BCUT2D eigenvalue weighted by Crippen LogP contribution is 2.24. The molecule has 2 rings (SSSR count). The number of nitrogens with zero attached hydrogens (tertiary/aromatic N) is 1. The van der Waals surface area contributed by atoms with Crippen LogP contribution in [0.15, 0.2) is 17.5 Å². The Labute approximate surface area is 109 Å². The van der Waals surface area contributed by atoms with Crippen LogP contribution in [0, 0.1) is 0 Å². The molecule has 18 heavy (non-hydrogen) atoms. The van der Waals surface area contributed by atoms with Crippen LogP contribution in [0.4, 0.5) is 0 Å². The second-order valence-corrected chi connectivity index (χ2v) is 5.18. The lowest BCUT2D eigenvalue weighted by Crippen LogP contribution is -2.53. The molecule has 1 aromatic rings. The third-order valence-electron chi connectivity index (χ3n) is 3.04. The summed E-state index contributed by atoms with van der Waals surface area (Å²) in [4.78, 5) is 25.8. The number of hydrogen-bond acceptors (Lipinski definition) is 4. The molecule has 1 aromatic heterocycles. The van der Waals surface area contributed by atoms with E-state index >= 15 is 0 Å². The molecule has 5 nitrogen and oxygen atoms in total. The third-order valence-corrected chi connectivity index (χ3v) is 4.09. The molecule has 1 fully saturated rings. The minimum absolute atomic E-state index is 0.0677. The van der Waals surface area contributed by atoms with E-state index < -0.39 is 12.0 Å². The van der Waals surface area contributed by atoms with Crippen molar-refractivity contribution in [3.8, 4) is 0 Å². The maximum atomic E-state index is 12.3. The molecule has 2 atom stereocenters. The number of carboxylic acids is 1. The molecule has 1 saturated heterocycles. The van der Waals surface area contributed by atoms with Crippen molar-refractivity contribution in [2.24, 2.45) is 0 Å². The maximum Gasteiger partial charge on any atom is 0.328 e. The molecular weight excluding hydrogens is 254 g/mol. The van der Waals surface area contributed by atoms with Crippen LogP contribution >= 0.6 is 11.3 Å². The minimum atomic E-state index is -1.01. The van der Waals surface area contributed by atoms with Gasteiger partial charge in [0.1, 0.15) is 0 Å². The Bertz CT molecular complexity index is 431. The lowest BCUT2D eigenvalue weighted by molar-refractivity contribution is -0.158. The third kappa shape index (κ3) is 2.54. The van der Waals surface area contributed by atoms with E-state index in [1.165, 1.54) is 16.2 Å². The lowest BCUT2D eigenvalue weighted by Gasteiger charge is -2.34.